The Morgan fingerprint density at radius 2 is 2.06 bits per heavy atom. The van der Waals surface area contributed by atoms with Gasteiger partial charge in [-0.2, -0.15) is 0 Å². The first-order valence-electron chi connectivity index (χ1n) is 5.36. The van der Waals surface area contributed by atoms with Crippen LogP contribution in [0.4, 0.5) is 5.69 Å². The lowest BCUT2D eigenvalue weighted by Gasteiger charge is -2.26. The number of aliphatic hydroxyl groups is 1. The van der Waals surface area contributed by atoms with Gasteiger partial charge in [-0.15, -0.1) is 0 Å². The summed E-state index contributed by atoms with van der Waals surface area (Å²) in [6.45, 7) is 3.10. The Balaban J connectivity index is 2.67. The Morgan fingerprint density at radius 3 is 2.56 bits per heavy atom. The fourth-order valence-electron chi connectivity index (χ4n) is 1.53. The Kier molecular flexibility index (Phi) is 5.22. The van der Waals surface area contributed by atoms with Gasteiger partial charge in [0.1, 0.15) is 0 Å². The van der Waals surface area contributed by atoms with Crippen molar-refractivity contribution in [3.63, 3.8) is 0 Å². The monoisotopic (exact) mass is 238 g/mol. The van der Waals surface area contributed by atoms with Crippen LogP contribution in [0.15, 0.2) is 30.3 Å². The molecule has 0 saturated carbocycles. The molecular weight excluding hydrogens is 220 g/mol. The first-order valence-corrected chi connectivity index (χ1v) is 5.77. The van der Waals surface area contributed by atoms with Crippen LogP contribution >= 0.6 is 12.2 Å². The average molecular weight is 238 g/mol. The maximum absolute atomic E-state index is 9.44. The van der Waals surface area contributed by atoms with E-state index in [1.165, 1.54) is 0 Å². The maximum Gasteiger partial charge on any atom is 0.0745 e. The number of anilines is 1. The van der Waals surface area contributed by atoms with Crippen molar-refractivity contribution >= 4 is 22.9 Å². The summed E-state index contributed by atoms with van der Waals surface area (Å²) in [6.07, 6.45) is 0.295. The first kappa shape index (κ1) is 12.9. The van der Waals surface area contributed by atoms with Gasteiger partial charge >= 0.3 is 0 Å². The highest BCUT2D eigenvalue weighted by Crippen LogP contribution is 2.13. The lowest BCUT2D eigenvalue weighted by molar-refractivity contribution is 0.200. The van der Waals surface area contributed by atoms with Gasteiger partial charge in [0.25, 0.3) is 0 Å². The smallest absolute Gasteiger partial charge is 0.0745 e. The van der Waals surface area contributed by atoms with Crippen LogP contribution in [0.25, 0.3) is 0 Å². The summed E-state index contributed by atoms with van der Waals surface area (Å²) in [5.74, 6) is 0. The molecule has 0 aliphatic carbocycles. The third-order valence-corrected chi connectivity index (χ3v) is 2.44. The van der Waals surface area contributed by atoms with Crippen LogP contribution in [-0.4, -0.2) is 29.3 Å². The predicted octanol–water partition coefficient (Wildman–Crippen LogP) is 1.55. The molecule has 1 aromatic rings. The van der Waals surface area contributed by atoms with Crippen LogP contribution < -0.4 is 10.6 Å². The molecule has 1 unspecified atom stereocenters. The average Bonchev–Trinajstić information content (AvgIpc) is 2.25. The van der Waals surface area contributed by atoms with E-state index in [1.54, 1.807) is 6.92 Å². The summed E-state index contributed by atoms with van der Waals surface area (Å²) in [5, 5.41) is 9.44. The Morgan fingerprint density at radius 1 is 1.44 bits per heavy atom. The van der Waals surface area contributed by atoms with E-state index in [4.69, 9.17) is 18.0 Å². The standard InChI is InChI=1S/C12H18N2OS/c1-10(15)9-14(8-7-12(13)16)11-5-3-2-4-6-11/h2-6,10,15H,7-9H2,1H3,(H2,13,16). The summed E-state index contributed by atoms with van der Waals surface area (Å²) in [4.78, 5) is 2.59. The van der Waals surface area contributed by atoms with Crippen molar-refractivity contribution in [2.75, 3.05) is 18.0 Å². The minimum absolute atomic E-state index is 0.369. The van der Waals surface area contributed by atoms with Gasteiger partial charge < -0.3 is 15.7 Å². The molecule has 0 heterocycles. The topological polar surface area (TPSA) is 49.5 Å². The van der Waals surface area contributed by atoms with E-state index in [9.17, 15) is 5.11 Å². The van der Waals surface area contributed by atoms with Crippen LogP contribution in [0.3, 0.4) is 0 Å². The van der Waals surface area contributed by atoms with E-state index in [0.29, 0.717) is 18.0 Å². The third-order valence-electron chi connectivity index (χ3n) is 2.23. The molecule has 0 bridgehead atoms. The highest BCUT2D eigenvalue weighted by atomic mass is 32.1. The normalized spacial score (nSPS) is 12.1. The highest BCUT2D eigenvalue weighted by molar-refractivity contribution is 7.80. The van der Waals surface area contributed by atoms with E-state index < -0.39 is 0 Å². The SMILES string of the molecule is CC(O)CN(CCC(N)=S)c1ccccc1. The third kappa shape index (κ3) is 4.59. The molecule has 88 valence electrons. The van der Waals surface area contributed by atoms with Crippen molar-refractivity contribution in [3.8, 4) is 0 Å². The van der Waals surface area contributed by atoms with Crippen LogP contribution in [0.1, 0.15) is 13.3 Å². The van der Waals surface area contributed by atoms with Crippen LogP contribution in [0, 0.1) is 0 Å². The molecule has 0 aromatic heterocycles. The zero-order valence-corrected chi connectivity index (χ0v) is 10.3. The minimum Gasteiger partial charge on any atom is -0.393 e. The molecule has 4 heteroatoms. The summed E-state index contributed by atoms with van der Waals surface area (Å²) in [5.41, 5.74) is 6.57. The minimum atomic E-state index is -0.369. The molecule has 0 saturated heterocycles. The summed E-state index contributed by atoms with van der Waals surface area (Å²) in [6, 6.07) is 9.96. The van der Waals surface area contributed by atoms with Crippen molar-refractivity contribution in [1.29, 1.82) is 0 Å². The molecular formula is C12H18N2OS. The number of nitrogens with zero attached hydrogens (tertiary/aromatic N) is 1. The second-order valence-corrected chi connectivity index (χ2v) is 4.37. The zero-order chi connectivity index (χ0) is 12.0. The number of benzene rings is 1. The van der Waals surface area contributed by atoms with E-state index in [2.05, 4.69) is 4.90 Å². The second-order valence-electron chi connectivity index (χ2n) is 3.85. The van der Waals surface area contributed by atoms with Gasteiger partial charge in [0.2, 0.25) is 0 Å². The zero-order valence-electron chi connectivity index (χ0n) is 9.47. The second kappa shape index (κ2) is 6.45. The molecule has 0 amide bonds. The van der Waals surface area contributed by atoms with Gasteiger partial charge in [0.05, 0.1) is 11.1 Å². The number of nitrogens with two attached hydrogens (primary N) is 1. The molecule has 1 aromatic carbocycles. The molecule has 0 radical (unpaired) electrons. The predicted molar refractivity (Wildman–Crippen MR) is 71.7 cm³/mol. The number of hydrogen-bond acceptors (Lipinski definition) is 3. The van der Waals surface area contributed by atoms with Gasteiger partial charge in [-0.1, -0.05) is 30.4 Å². The Bertz CT molecular complexity index is 327. The quantitative estimate of drug-likeness (QED) is 0.738. The Hall–Kier alpha value is -1.13. The van der Waals surface area contributed by atoms with Gasteiger partial charge in [0.15, 0.2) is 0 Å². The molecule has 0 aliphatic heterocycles. The van der Waals surface area contributed by atoms with Crippen molar-refractivity contribution in [2.45, 2.75) is 19.4 Å². The van der Waals surface area contributed by atoms with Crippen molar-refractivity contribution in [1.82, 2.24) is 0 Å². The van der Waals surface area contributed by atoms with Crippen molar-refractivity contribution in [2.24, 2.45) is 5.73 Å². The van der Waals surface area contributed by atoms with Crippen molar-refractivity contribution in [3.05, 3.63) is 30.3 Å². The van der Waals surface area contributed by atoms with Crippen LogP contribution in [0.2, 0.25) is 0 Å². The first-order chi connectivity index (χ1) is 7.59. The lowest BCUT2D eigenvalue weighted by Crippen LogP contribution is -2.33. The highest BCUT2D eigenvalue weighted by Gasteiger charge is 2.09. The number of aliphatic hydroxyl groups excluding tert-OH is 1. The largest absolute Gasteiger partial charge is 0.393 e. The van der Waals surface area contributed by atoms with E-state index in [1.807, 2.05) is 30.3 Å². The lowest BCUT2D eigenvalue weighted by atomic mass is 10.2. The molecule has 0 fully saturated rings. The molecule has 3 N–H and O–H groups in total. The Labute approximate surface area is 102 Å². The van der Waals surface area contributed by atoms with Gasteiger partial charge in [0, 0.05) is 25.2 Å². The van der Waals surface area contributed by atoms with Gasteiger partial charge in [-0.25, -0.2) is 0 Å². The summed E-state index contributed by atoms with van der Waals surface area (Å²) >= 11 is 4.87. The van der Waals surface area contributed by atoms with Crippen molar-refractivity contribution < 1.29 is 5.11 Å². The fraction of sp³-hybridized carbons (Fsp3) is 0.417. The van der Waals surface area contributed by atoms with Crippen LogP contribution in [-0.2, 0) is 0 Å². The van der Waals surface area contributed by atoms with E-state index in [-0.39, 0.29) is 6.10 Å². The summed E-state index contributed by atoms with van der Waals surface area (Å²) in [7, 11) is 0. The summed E-state index contributed by atoms with van der Waals surface area (Å²) < 4.78 is 0. The molecule has 16 heavy (non-hydrogen) atoms. The molecule has 0 aliphatic rings. The number of rotatable bonds is 6. The fourth-order valence-corrected chi connectivity index (χ4v) is 1.62. The molecule has 3 nitrogen and oxygen atoms in total. The van der Waals surface area contributed by atoms with Gasteiger partial charge in [-0.3, -0.25) is 0 Å². The number of thiocarbonyl (C=S) groups is 1. The number of hydrogen-bond donors (Lipinski definition) is 2. The maximum atomic E-state index is 9.44. The van der Waals surface area contributed by atoms with E-state index >= 15 is 0 Å². The molecule has 1 atom stereocenters. The number of para-hydroxylation sites is 1. The van der Waals surface area contributed by atoms with Crippen LogP contribution in [0.5, 0.6) is 0 Å². The molecule has 1 rings (SSSR count). The molecule has 0 spiro atoms. The van der Waals surface area contributed by atoms with Gasteiger partial charge in [-0.05, 0) is 19.1 Å². The van der Waals surface area contributed by atoms with E-state index in [0.717, 1.165) is 12.2 Å².